The standard InChI is InChI=1S/C20H22/c1-15(2)18-12-9-10-14-20(18)17(4)19-13-8-6-5-7-11-16(19)3/h5-7,9-10,12-14H,8H2,1-4H3/b6-5-,19-13+,20-17-. The molecule has 0 radical (unpaired) electrons. The molecule has 1 aromatic rings. The molecule has 2 rings (SSSR count). The molecule has 1 aliphatic carbocycles. The van der Waals surface area contributed by atoms with Gasteiger partial charge < -0.3 is 0 Å². The van der Waals surface area contributed by atoms with Crippen LogP contribution in [-0.4, -0.2) is 0 Å². The van der Waals surface area contributed by atoms with E-state index in [2.05, 4.69) is 75.9 Å². The van der Waals surface area contributed by atoms with Crippen LogP contribution >= 0.6 is 0 Å². The van der Waals surface area contributed by atoms with E-state index >= 15 is 0 Å². The molecule has 0 heterocycles. The lowest BCUT2D eigenvalue weighted by Crippen LogP contribution is -2.28. The summed E-state index contributed by atoms with van der Waals surface area (Å²) in [6.07, 6.45) is 9.49. The van der Waals surface area contributed by atoms with E-state index in [9.17, 15) is 0 Å². The van der Waals surface area contributed by atoms with E-state index in [1.165, 1.54) is 32.7 Å². The largest absolute Gasteiger partial charge is 0.117 e. The molecule has 102 valence electrons. The van der Waals surface area contributed by atoms with E-state index in [-0.39, 0.29) is 0 Å². The highest BCUT2D eigenvalue weighted by Crippen LogP contribution is 2.19. The number of benzene rings is 1. The fourth-order valence-electron chi connectivity index (χ4n) is 2.56. The zero-order chi connectivity index (χ0) is 14.5. The van der Waals surface area contributed by atoms with Gasteiger partial charge in [0.1, 0.15) is 0 Å². The molecule has 1 aromatic carbocycles. The average Bonchev–Trinajstić information content (AvgIpc) is 2.42. The molecule has 0 aromatic heterocycles. The molecule has 0 saturated carbocycles. The normalized spacial score (nSPS) is 20.2. The zero-order valence-corrected chi connectivity index (χ0v) is 12.8. The van der Waals surface area contributed by atoms with Crippen LogP contribution in [0.3, 0.4) is 0 Å². The van der Waals surface area contributed by atoms with E-state index in [0.29, 0.717) is 0 Å². The van der Waals surface area contributed by atoms with E-state index in [1.54, 1.807) is 0 Å². The van der Waals surface area contributed by atoms with E-state index in [0.717, 1.165) is 6.42 Å². The van der Waals surface area contributed by atoms with Crippen LogP contribution in [0.4, 0.5) is 0 Å². The third-order valence-corrected chi connectivity index (χ3v) is 3.67. The SMILES string of the molecule is CC1=C=C/C=C\C/C=C1/C(C)=c1/ccccc1=C(C)C. The Morgan fingerprint density at radius 2 is 1.75 bits per heavy atom. The summed E-state index contributed by atoms with van der Waals surface area (Å²) in [5, 5.41) is 2.66. The number of rotatable bonds is 1. The first-order valence-electron chi connectivity index (χ1n) is 7.14. The molecular formula is C20H22. The quantitative estimate of drug-likeness (QED) is 0.670. The second-order valence-electron chi connectivity index (χ2n) is 5.39. The molecule has 0 fully saturated rings. The van der Waals surface area contributed by atoms with Crippen molar-refractivity contribution in [3.8, 4) is 0 Å². The summed E-state index contributed by atoms with van der Waals surface area (Å²) < 4.78 is 0. The van der Waals surface area contributed by atoms with Crippen molar-refractivity contribution in [2.45, 2.75) is 34.1 Å². The van der Waals surface area contributed by atoms with Crippen molar-refractivity contribution in [3.63, 3.8) is 0 Å². The number of hydrogen-bond donors (Lipinski definition) is 0. The van der Waals surface area contributed by atoms with Gasteiger partial charge in [0.25, 0.3) is 0 Å². The Kier molecular flexibility index (Phi) is 4.61. The van der Waals surface area contributed by atoms with Crippen molar-refractivity contribution >= 4 is 11.1 Å². The molecule has 0 bridgehead atoms. The van der Waals surface area contributed by atoms with Crippen LogP contribution < -0.4 is 10.4 Å². The molecule has 20 heavy (non-hydrogen) atoms. The lowest BCUT2D eigenvalue weighted by atomic mass is 9.95. The van der Waals surface area contributed by atoms with Crippen molar-refractivity contribution < 1.29 is 0 Å². The predicted octanol–water partition coefficient (Wildman–Crippen LogP) is 4.04. The molecule has 0 saturated heterocycles. The van der Waals surface area contributed by atoms with Gasteiger partial charge in [-0.3, -0.25) is 0 Å². The minimum Gasteiger partial charge on any atom is -0.117 e. The van der Waals surface area contributed by atoms with Gasteiger partial charge in [-0.05, 0) is 67.3 Å². The zero-order valence-electron chi connectivity index (χ0n) is 12.8. The van der Waals surface area contributed by atoms with Crippen LogP contribution in [0.25, 0.3) is 11.1 Å². The van der Waals surface area contributed by atoms with Crippen LogP contribution in [-0.2, 0) is 0 Å². The minimum atomic E-state index is 0.971. The fraction of sp³-hybridized carbons (Fsp3) is 0.250. The Balaban J connectivity index is 2.77. The predicted molar refractivity (Wildman–Crippen MR) is 88.6 cm³/mol. The Bertz CT molecular complexity index is 741. The van der Waals surface area contributed by atoms with Gasteiger partial charge in [-0.1, -0.05) is 48.1 Å². The van der Waals surface area contributed by atoms with Crippen molar-refractivity contribution in [2.75, 3.05) is 0 Å². The van der Waals surface area contributed by atoms with Crippen LogP contribution in [0.15, 0.2) is 65.4 Å². The van der Waals surface area contributed by atoms with Crippen molar-refractivity contribution in [1.82, 2.24) is 0 Å². The molecule has 0 heteroatoms. The summed E-state index contributed by atoms with van der Waals surface area (Å²) in [6.45, 7) is 8.69. The maximum absolute atomic E-state index is 3.34. The van der Waals surface area contributed by atoms with Gasteiger partial charge in [-0.2, -0.15) is 0 Å². The lowest BCUT2D eigenvalue weighted by Gasteiger charge is -2.09. The van der Waals surface area contributed by atoms with Crippen LogP contribution in [0.5, 0.6) is 0 Å². The Hall–Kier alpha value is -2.04. The summed E-state index contributed by atoms with van der Waals surface area (Å²) in [4.78, 5) is 0. The Labute approximate surface area is 121 Å². The van der Waals surface area contributed by atoms with Gasteiger partial charge in [0.2, 0.25) is 0 Å². The first-order chi connectivity index (χ1) is 9.61. The summed E-state index contributed by atoms with van der Waals surface area (Å²) >= 11 is 0. The van der Waals surface area contributed by atoms with Gasteiger partial charge >= 0.3 is 0 Å². The highest BCUT2D eigenvalue weighted by atomic mass is 14.1. The molecule has 0 N–H and O–H groups in total. The van der Waals surface area contributed by atoms with Gasteiger partial charge in [0, 0.05) is 0 Å². The maximum Gasteiger partial charge on any atom is -0.00192 e. The van der Waals surface area contributed by atoms with Crippen LogP contribution in [0, 0.1) is 0 Å². The molecule has 0 spiro atoms. The van der Waals surface area contributed by atoms with E-state index in [1.807, 2.05) is 6.08 Å². The van der Waals surface area contributed by atoms with Gasteiger partial charge in [-0.15, -0.1) is 5.73 Å². The monoisotopic (exact) mass is 262 g/mol. The summed E-state index contributed by atoms with van der Waals surface area (Å²) in [5.41, 5.74) is 8.53. The molecule has 0 atom stereocenters. The van der Waals surface area contributed by atoms with Gasteiger partial charge in [0.05, 0.1) is 0 Å². The first-order valence-corrected chi connectivity index (χ1v) is 7.14. The minimum absolute atomic E-state index is 0.971. The first kappa shape index (κ1) is 14.4. The molecule has 1 aliphatic rings. The highest BCUT2D eigenvalue weighted by molar-refractivity contribution is 5.70. The second kappa shape index (κ2) is 6.41. The molecule has 0 amide bonds. The smallest absolute Gasteiger partial charge is 0.00192 e. The lowest BCUT2D eigenvalue weighted by molar-refractivity contribution is 1.29. The second-order valence-corrected chi connectivity index (χ2v) is 5.39. The Morgan fingerprint density at radius 3 is 2.45 bits per heavy atom. The van der Waals surface area contributed by atoms with Crippen molar-refractivity contribution in [2.24, 2.45) is 0 Å². The summed E-state index contributed by atoms with van der Waals surface area (Å²) in [7, 11) is 0. The van der Waals surface area contributed by atoms with Gasteiger partial charge in [-0.25, -0.2) is 0 Å². The molecule has 0 aliphatic heterocycles. The third-order valence-electron chi connectivity index (χ3n) is 3.67. The highest BCUT2D eigenvalue weighted by Gasteiger charge is 2.04. The van der Waals surface area contributed by atoms with Gasteiger partial charge in [0.15, 0.2) is 0 Å². The van der Waals surface area contributed by atoms with E-state index < -0.39 is 0 Å². The van der Waals surface area contributed by atoms with Crippen LogP contribution in [0.2, 0.25) is 0 Å². The van der Waals surface area contributed by atoms with Crippen molar-refractivity contribution in [3.05, 3.63) is 75.9 Å². The molecule has 0 unspecified atom stereocenters. The number of allylic oxidation sites excluding steroid dienone is 5. The third kappa shape index (κ3) is 3.10. The molecule has 0 nitrogen and oxygen atoms in total. The van der Waals surface area contributed by atoms with E-state index in [4.69, 9.17) is 0 Å². The average molecular weight is 262 g/mol. The summed E-state index contributed by atoms with van der Waals surface area (Å²) in [6, 6.07) is 8.64. The van der Waals surface area contributed by atoms with Crippen LogP contribution in [0.1, 0.15) is 34.1 Å². The summed E-state index contributed by atoms with van der Waals surface area (Å²) in [5.74, 6) is 0. The molecular weight excluding hydrogens is 240 g/mol. The topological polar surface area (TPSA) is 0 Å². The van der Waals surface area contributed by atoms with Crippen molar-refractivity contribution in [1.29, 1.82) is 0 Å². The fourth-order valence-corrected chi connectivity index (χ4v) is 2.56. The Morgan fingerprint density at radius 1 is 1.05 bits per heavy atom. The number of hydrogen-bond acceptors (Lipinski definition) is 0. The maximum atomic E-state index is 3.34.